The Kier molecular flexibility index (Phi) is 5.91. The number of piperazine rings is 1. The van der Waals surface area contributed by atoms with E-state index in [-0.39, 0.29) is 17.7 Å². The van der Waals surface area contributed by atoms with E-state index in [9.17, 15) is 4.79 Å². The Morgan fingerprint density at radius 1 is 1.17 bits per heavy atom. The van der Waals surface area contributed by atoms with E-state index >= 15 is 0 Å². The lowest BCUT2D eigenvalue weighted by Crippen LogP contribution is -2.57. The summed E-state index contributed by atoms with van der Waals surface area (Å²) in [5, 5.41) is 3.41. The van der Waals surface area contributed by atoms with Gasteiger partial charge in [0, 0.05) is 38.4 Å². The molecule has 2 aliphatic rings. The van der Waals surface area contributed by atoms with Crippen LogP contribution in [-0.2, 0) is 11.3 Å². The van der Waals surface area contributed by atoms with Gasteiger partial charge in [0.1, 0.15) is 11.2 Å². The highest BCUT2D eigenvalue weighted by molar-refractivity contribution is 5.82. The molecule has 8 heteroatoms. The molecule has 1 aromatic heterocycles. The molecular formula is C21H33N5O3. The van der Waals surface area contributed by atoms with Gasteiger partial charge in [0.15, 0.2) is 5.96 Å². The van der Waals surface area contributed by atoms with Crippen molar-refractivity contribution in [2.75, 3.05) is 26.2 Å². The number of amides is 1. The Morgan fingerprint density at radius 2 is 1.93 bits per heavy atom. The van der Waals surface area contributed by atoms with Crippen molar-refractivity contribution in [1.82, 2.24) is 20.1 Å². The lowest BCUT2D eigenvalue weighted by atomic mass is 10.2. The number of carbonyl (C=O) groups is 1. The zero-order chi connectivity index (χ0) is 21.2. The molecule has 29 heavy (non-hydrogen) atoms. The van der Waals surface area contributed by atoms with Crippen molar-refractivity contribution < 1.29 is 14.3 Å². The van der Waals surface area contributed by atoms with Crippen LogP contribution in [0.15, 0.2) is 23.3 Å². The Bertz CT molecular complexity index is 749. The molecule has 160 valence electrons. The standard InChI is InChI=1S/C21H33N5O3/c1-20(2,3)28-17-8-7-15(11-22-17)12-23-18-24-13-16-14-25(9-10-26(16)18)19(27)29-21(4,5)6/h7-8,11,16H,9-10,12-14H2,1-6H3,(H,23,24). The van der Waals surface area contributed by atoms with Crippen molar-refractivity contribution in [1.29, 1.82) is 0 Å². The molecule has 0 spiro atoms. The fourth-order valence-electron chi connectivity index (χ4n) is 3.29. The first kappa shape index (κ1) is 21.2. The Morgan fingerprint density at radius 3 is 2.55 bits per heavy atom. The predicted octanol–water partition coefficient (Wildman–Crippen LogP) is 2.64. The van der Waals surface area contributed by atoms with Gasteiger partial charge in [0.2, 0.25) is 5.88 Å². The third kappa shape index (κ3) is 5.98. The SMILES string of the molecule is CC(C)(C)OC(=O)N1CCN2C(NCc3ccc(OC(C)(C)C)nc3)=NCC2C1. The van der Waals surface area contributed by atoms with Crippen LogP contribution in [0.25, 0.3) is 0 Å². The minimum absolute atomic E-state index is 0.194. The molecule has 0 saturated carbocycles. The van der Waals surface area contributed by atoms with Crippen molar-refractivity contribution in [3.8, 4) is 5.88 Å². The zero-order valence-corrected chi connectivity index (χ0v) is 18.4. The highest BCUT2D eigenvalue weighted by atomic mass is 16.6. The molecule has 3 rings (SSSR count). The maximum absolute atomic E-state index is 12.3. The van der Waals surface area contributed by atoms with E-state index in [0.717, 1.165) is 18.1 Å². The lowest BCUT2D eigenvalue weighted by molar-refractivity contribution is 0.0137. The number of nitrogens with zero attached hydrogens (tertiary/aromatic N) is 4. The van der Waals surface area contributed by atoms with Crippen LogP contribution in [-0.4, -0.2) is 70.3 Å². The van der Waals surface area contributed by atoms with Gasteiger partial charge in [-0.25, -0.2) is 9.78 Å². The van der Waals surface area contributed by atoms with Crippen LogP contribution in [0.1, 0.15) is 47.1 Å². The van der Waals surface area contributed by atoms with Gasteiger partial charge in [-0.3, -0.25) is 4.99 Å². The van der Waals surface area contributed by atoms with Gasteiger partial charge in [-0.05, 0) is 47.1 Å². The quantitative estimate of drug-likeness (QED) is 0.836. The van der Waals surface area contributed by atoms with Crippen molar-refractivity contribution in [3.63, 3.8) is 0 Å². The number of hydrogen-bond acceptors (Lipinski definition) is 7. The summed E-state index contributed by atoms with van der Waals surface area (Å²) in [6, 6.07) is 4.09. The number of hydrogen-bond donors (Lipinski definition) is 1. The summed E-state index contributed by atoms with van der Waals surface area (Å²) in [6.07, 6.45) is 1.57. The third-order valence-electron chi connectivity index (χ3n) is 4.52. The van der Waals surface area contributed by atoms with E-state index < -0.39 is 5.60 Å². The topological polar surface area (TPSA) is 79.3 Å². The van der Waals surface area contributed by atoms with Gasteiger partial charge in [-0.15, -0.1) is 0 Å². The molecule has 0 aliphatic carbocycles. The monoisotopic (exact) mass is 403 g/mol. The first-order chi connectivity index (χ1) is 13.5. The average molecular weight is 404 g/mol. The first-order valence-electron chi connectivity index (χ1n) is 10.2. The summed E-state index contributed by atoms with van der Waals surface area (Å²) in [7, 11) is 0. The number of ether oxygens (including phenoxy) is 2. The first-order valence-corrected chi connectivity index (χ1v) is 10.2. The number of rotatable bonds is 3. The van der Waals surface area contributed by atoms with Crippen LogP contribution < -0.4 is 10.1 Å². The number of carbonyl (C=O) groups excluding carboxylic acids is 1. The van der Waals surface area contributed by atoms with Gasteiger partial charge >= 0.3 is 6.09 Å². The maximum atomic E-state index is 12.3. The molecule has 1 saturated heterocycles. The fraction of sp³-hybridized carbons (Fsp3) is 0.667. The molecule has 2 aliphatic heterocycles. The molecule has 1 fully saturated rings. The minimum Gasteiger partial charge on any atom is -0.472 e. The third-order valence-corrected chi connectivity index (χ3v) is 4.52. The summed E-state index contributed by atoms with van der Waals surface area (Å²) < 4.78 is 11.3. The molecule has 1 amide bonds. The normalized spacial score (nSPS) is 19.5. The molecule has 0 bridgehead atoms. The molecular weight excluding hydrogens is 370 g/mol. The fourth-order valence-corrected chi connectivity index (χ4v) is 3.29. The molecule has 1 atom stereocenters. The van der Waals surface area contributed by atoms with Crippen molar-refractivity contribution >= 4 is 12.1 Å². The Labute approximate surface area is 173 Å². The Hall–Kier alpha value is -2.51. The number of nitrogens with one attached hydrogen (secondary N) is 1. The molecule has 1 N–H and O–H groups in total. The van der Waals surface area contributed by atoms with Gasteiger partial charge in [0.05, 0.1) is 12.6 Å². The van der Waals surface area contributed by atoms with Crippen LogP contribution in [0.5, 0.6) is 5.88 Å². The number of fused-ring (bicyclic) bond motifs is 1. The zero-order valence-electron chi connectivity index (χ0n) is 18.4. The number of pyridine rings is 1. The second kappa shape index (κ2) is 8.08. The summed E-state index contributed by atoms with van der Waals surface area (Å²) in [6.45, 7) is 15.0. The highest BCUT2D eigenvalue weighted by Gasteiger charge is 2.36. The lowest BCUT2D eigenvalue weighted by Gasteiger charge is -2.39. The molecule has 1 aromatic rings. The van der Waals surface area contributed by atoms with Crippen LogP contribution in [0.4, 0.5) is 4.79 Å². The predicted molar refractivity (Wildman–Crippen MR) is 112 cm³/mol. The Balaban J connectivity index is 1.49. The largest absolute Gasteiger partial charge is 0.472 e. The van der Waals surface area contributed by atoms with Gasteiger partial charge in [-0.2, -0.15) is 0 Å². The second-order valence-electron chi connectivity index (χ2n) is 9.51. The van der Waals surface area contributed by atoms with Crippen LogP contribution in [0.3, 0.4) is 0 Å². The van der Waals surface area contributed by atoms with E-state index in [0.29, 0.717) is 32.1 Å². The number of aromatic nitrogens is 1. The summed E-state index contributed by atoms with van der Waals surface area (Å²) in [4.78, 5) is 25.4. The van der Waals surface area contributed by atoms with E-state index in [2.05, 4.69) is 20.2 Å². The molecule has 0 radical (unpaired) electrons. The van der Waals surface area contributed by atoms with E-state index in [1.165, 1.54) is 0 Å². The number of guanidine groups is 1. The van der Waals surface area contributed by atoms with Crippen LogP contribution in [0, 0.1) is 0 Å². The summed E-state index contributed by atoms with van der Waals surface area (Å²) in [5.74, 6) is 1.51. The van der Waals surface area contributed by atoms with E-state index in [1.54, 1.807) is 4.90 Å². The molecule has 8 nitrogen and oxygen atoms in total. The number of aliphatic imine (C=N–C) groups is 1. The maximum Gasteiger partial charge on any atom is 0.410 e. The molecule has 0 aromatic carbocycles. The highest BCUT2D eigenvalue weighted by Crippen LogP contribution is 2.19. The van der Waals surface area contributed by atoms with Crippen LogP contribution >= 0.6 is 0 Å². The van der Waals surface area contributed by atoms with Crippen molar-refractivity contribution in [3.05, 3.63) is 23.9 Å². The van der Waals surface area contributed by atoms with Crippen LogP contribution in [0.2, 0.25) is 0 Å². The van der Waals surface area contributed by atoms with E-state index in [1.807, 2.05) is 59.9 Å². The summed E-state index contributed by atoms with van der Waals surface area (Å²) >= 11 is 0. The molecule has 3 heterocycles. The van der Waals surface area contributed by atoms with Crippen molar-refractivity contribution in [2.24, 2.45) is 4.99 Å². The smallest absolute Gasteiger partial charge is 0.410 e. The van der Waals surface area contributed by atoms with E-state index in [4.69, 9.17) is 9.47 Å². The van der Waals surface area contributed by atoms with Gasteiger partial charge in [-0.1, -0.05) is 6.07 Å². The van der Waals surface area contributed by atoms with Gasteiger partial charge < -0.3 is 24.6 Å². The summed E-state index contributed by atoms with van der Waals surface area (Å²) in [5.41, 5.74) is 0.320. The molecule has 1 unspecified atom stereocenters. The second-order valence-corrected chi connectivity index (χ2v) is 9.51. The minimum atomic E-state index is -0.478. The van der Waals surface area contributed by atoms with Crippen molar-refractivity contribution in [2.45, 2.75) is 65.3 Å². The average Bonchev–Trinajstić information content (AvgIpc) is 3.00. The van der Waals surface area contributed by atoms with Gasteiger partial charge in [0.25, 0.3) is 0 Å².